The number of aryl methyl sites for hydroxylation is 1. The van der Waals surface area contributed by atoms with Gasteiger partial charge in [0.15, 0.2) is 16.9 Å². The summed E-state index contributed by atoms with van der Waals surface area (Å²) in [7, 11) is 4.51. The summed E-state index contributed by atoms with van der Waals surface area (Å²) in [4.78, 5) is 19.5. The molecule has 1 N–H and O–H groups in total. The van der Waals surface area contributed by atoms with E-state index in [2.05, 4.69) is 15.0 Å². The van der Waals surface area contributed by atoms with Crippen LogP contribution in [0.3, 0.4) is 0 Å². The van der Waals surface area contributed by atoms with E-state index in [-0.39, 0.29) is 10.9 Å². The second-order valence-corrected chi connectivity index (χ2v) is 4.19. The second-order valence-electron chi connectivity index (χ2n) is 4.19. The molecule has 20 heavy (non-hydrogen) atoms. The van der Waals surface area contributed by atoms with Crippen LogP contribution in [0.15, 0.2) is 28.1 Å². The van der Waals surface area contributed by atoms with Crippen molar-refractivity contribution in [3.05, 3.63) is 39.5 Å². The van der Waals surface area contributed by atoms with Gasteiger partial charge in [-0.2, -0.15) is 0 Å². The zero-order valence-electron chi connectivity index (χ0n) is 11.8. The predicted molar refractivity (Wildman–Crippen MR) is 75.0 cm³/mol. The lowest BCUT2D eigenvalue weighted by Gasteiger charge is -2.08. The summed E-state index contributed by atoms with van der Waals surface area (Å²) in [6.45, 7) is 1.89. The van der Waals surface area contributed by atoms with Gasteiger partial charge in [-0.3, -0.25) is 4.79 Å². The molecule has 1 heterocycles. The van der Waals surface area contributed by atoms with Crippen molar-refractivity contribution in [3.8, 4) is 11.5 Å². The highest BCUT2D eigenvalue weighted by molar-refractivity contribution is 5.84. The summed E-state index contributed by atoms with van der Waals surface area (Å²) in [5, 5.41) is 4.76. The molecular formula is C14H16N2O4. The number of H-pyrrole nitrogens is 1. The van der Waals surface area contributed by atoms with Crippen LogP contribution in [0.25, 0.3) is 10.9 Å². The number of aromatic amines is 1. The van der Waals surface area contributed by atoms with Crippen LogP contribution in [0, 0.1) is 6.92 Å². The molecule has 6 heteroatoms. The molecule has 0 aliphatic rings. The number of nitrogens with zero attached hydrogens (tertiary/aromatic N) is 1. The molecule has 0 radical (unpaired) electrons. The van der Waals surface area contributed by atoms with Crippen molar-refractivity contribution in [1.29, 1.82) is 0 Å². The smallest absolute Gasteiger partial charge is 0.277 e. The average Bonchev–Trinajstić information content (AvgIpc) is 2.55. The van der Waals surface area contributed by atoms with Gasteiger partial charge < -0.3 is 19.3 Å². The maximum absolute atomic E-state index is 12.0. The monoisotopic (exact) mass is 276 g/mol. The van der Waals surface area contributed by atoms with E-state index < -0.39 is 0 Å². The molecule has 106 valence electrons. The molecule has 1 aromatic heterocycles. The van der Waals surface area contributed by atoms with Gasteiger partial charge in [-0.05, 0) is 24.6 Å². The number of benzene rings is 1. The number of aromatic nitrogens is 1. The first-order valence-corrected chi connectivity index (χ1v) is 5.98. The lowest BCUT2D eigenvalue weighted by atomic mass is 10.1. The van der Waals surface area contributed by atoms with Gasteiger partial charge >= 0.3 is 0 Å². The fourth-order valence-corrected chi connectivity index (χ4v) is 2.01. The number of hydrogen-bond acceptors (Lipinski definition) is 5. The van der Waals surface area contributed by atoms with Crippen molar-refractivity contribution in [1.82, 2.24) is 4.98 Å². The van der Waals surface area contributed by atoms with Crippen LogP contribution in [0.5, 0.6) is 11.5 Å². The lowest BCUT2D eigenvalue weighted by molar-refractivity contribution is 0.200. The lowest BCUT2D eigenvalue weighted by Crippen LogP contribution is -2.24. The number of rotatable bonds is 3. The van der Waals surface area contributed by atoms with Crippen molar-refractivity contribution in [2.75, 3.05) is 21.3 Å². The van der Waals surface area contributed by atoms with Gasteiger partial charge in [0.1, 0.15) is 7.11 Å². The minimum absolute atomic E-state index is 0.208. The SMILES string of the molecule is CON=c1cc(C)c2cc(OC)c(OC)cc2[nH]c1=O. The molecule has 0 bridgehead atoms. The maximum Gasteiger partial charge on any atom is 0.277 e. The molecule has 0 unspecified atom stereocenters. The molecule has 0 amide bonds. The number of hydrogen-bond donors (Lipinski definition) is 1. The summed E-state index contributed by atoms with van der Waals surface area (Å²) in [5.41, 5.74) is 1.18. The maximum atomic E-state index is 12.0. The standard InChI is InChI=1S/C14H16N2O4/c1-8-5-11(16-20-4)14(17)15-10-7-13(19-3)12(18-2)6-9(8)10/h5-7H,1-4H3,(H,15,16,17). The third-order valence-electron chi connectivity index (χ3n) is 2.97. The zero-order chi connectivity index (χ0) is 14.7. The Morgan fingerprint density at radius 1 is 1.05 bits per heavy atom. The van der Waals surface area contributed by atoms with E-state index in [0.29, 0.717) is 17.0 Å². The van der Waals surface area contributed by atoms with Gasteiger partial charge in [-0.1, -0.05) is 5.16 Å². The van der Waals surface area contributed by atoms with Crippen LogP contribution >= 0.6 is 0 Å². The average molecular weight is 276 g/mol. The second kappa shape index (κ2) is 5.64. The minimum Gasteiger partial charge on any atom is -0.493 e. The molecule has 0 atom stereocenters. The Hall–Kier alpha value is -2.50. The summed E-state index contributed by atoms with van der Waals surface area (Å²) in [6, 6.07) is 5.20. The molecular weight excluding hydrogens is 260 g/mol. The van der Waals surface area contributed by atoms with E-state index in [1.54, 1.807) is 26.4 Å². The number of fused-ring (bicyclic) bond motifs is 1. The van der Waals surface area contributed by atoms with Crippen LogP contribution < -0.4 is 20.4 Å². The first-order chi connectivity index (χ1) is 9.60. The van der Waals surface area contributed by atoms with E-state index >= 15 is 0 Å². The Labute approximate surface area is 115 Å². The van der Waals surface area contributed by atoms with Crippen molar-refractivity contribution >= 4 is 10.9 Å². The largest absolute Gasteiger partial charge is 0.493 e. The summed E-state index contributed by atoms with van der Waals surface area (Å²) in [5.74, 6) is 1.15. The highest BCUT2D eigenvalue weighted by Crippen LogP contribution is 2.31. The van der Waals surface area contributed by atoms with E-state index in [9.17, 15) is 4.79 Å². The van der Waals surface area contributed by atoms with E-state index in [1.165, 1.54) is 7.11 Å². The molecule has 0 saturated carbocycles. The van der Waals surface area contributed by atoms with E-state index in [0.717, 1.165) is 10.9 Å². The van der Waals surface area contributed by atoms with Crippen molar-refractivity contribution in [2.45, 2.75) is 6.92 Å². The highest BCUT2D eigenvalue weighted by Gasteiger charge is 2.08. The van der Waals surface area contributed by atoms with Gasteiger partial charge in [-0.25, -0.2) is 0 Å². The first-order valence-electron chi connectivity index (χ1n) is 5.98. The number of ether oxygens (including phenoxy) is 2. The fourth-order valence-electron chi connectivity index (χ4n) is 2.01. The quantitative estimate of drug-likeness (QED) is 0.858. The molecule has 2 rings (SSSR count). The normalized spacial score (nSPS) is 11.5. The molecule has 0 saturated heterocycles. The highest BCUT2D eigenvalue weighted by atomic mass is 16.6. The van der Waals surface area contributed by atoms with Crippen LogP contribution in [0.4, 0.5) is 0 Å². The van der Waals surface area contributed by atoms with Gasteiger partial charge in [0.25, 0.3) is 5.56 Å². The Balaban J connectivity index is 2.94. The predicted octanol–water partition coefficient (Wildman–Crippen LogP) is 1.32. The van der Waals surface area contributed by atoms with E-state index in [4.69, 9.17) is 9.47 Å². The third-order valence-corrected chi connectivity index (χ3v) is 2.97. The fraction of sp³-hybridized carbons (Fsp3) is 0.286. The van der Waals surface area contributed by atoms with Gasteiger partial charge in [0.05, 0.1) is 19.7 Å². The number of methoxy groups -OCH3 is 2. The van der Waals surface area contributed by atoms with Gasteiger partial charge in [-0.15, -0.1) is 0 Å². The molecule has 6 nitrogen and oxygen atoms in total. The van der Waals surface area contributed by atoms with Gasteiger partial charge in [0, 0.05) is 11.5 Å². The van der Waals surface area contributed by atoms with Crippen LogP contribution in [-0.4, -0.2) is 26.3 Å². The van der Waals surface area contributed by atoms with Gasteiger partial charge in [0.2, 0.25) is 0 Å². The molecule has 1 aromatic carbocycles. The third kappa shape index (κ3) is 2.45. The molecule has 0 aliphatic heterocycles. The Kier molecular flexibility index (Phi) is 3.93. The topological polar surface area (TPSA) is 72.9 Å². The van der Waals surface area contributed by atoms with Crippen LogP contribution in [0.1, 0.15) is 5.56 Å². The Morgan fingerprint density at radius 3 is 2.30 bits per heavy atom. The van der Waals surface area contributed by atoms with Crippen LogP contribution in [0.2, 0.25) is 0 Å². The molecule has 0 aliphatic carbocycles. The molecule has 2 aromatic rings. The Bertz CT molecular complexity index is 765. The van der Waals surface area contributed by atoms with Crippen molar-refractivity contribution in [3.63, 3.8) is 0 Å². The van der Waals surface area contributed by atoms with Crippen molar-refractivity contribution < 1.29 is 14.3 Å². The summed E-state index contributed by atoms with van der Waals surface area (Å²) < 4.78 is 10.5. The number of nitrogens with one attached hydrogen (secondary N) is 1. The first kappa shape index (κ1) is 13.9. The van der Waals surface area contributed by atoms with E-state index in [1.807, 2.05) is 13.0 Å². The van der Waals surface area contributed by atoms with Crippen LogP contribution in [-0.2, 0) is 4.84 Å². The minimum atomic E-state index is -0.336. The summed E-state index contributed by atoms with van der Waals surface area (Å²) >= 11 is 0. The Morgan fingerprint density at radius 2 is 1.70 bits per heavy atom. The molecule has 0 fully saturated rings. The molecule has 0 spiro atoms. The zero-order valence-corrected chi connectivity index (χ0v) is 11.8. The summed E-state index contributed by atoms with van der Waals surface area (Å²) in [6.07, 6.45) is 0. The van der Waals surface area contributed by atoms with Crippen molar-refractivity contribution in [2.24, 2.45) is 5.16 Å².